The molecule has 0 bridgehead atoms. The van der Waals surface area contributed by atoms with Gasteiger partial charge in [0, 0.05) is 18.4 Å². The van der Waals surface area contributed by atoms with E-state index in [-0.39, 0.29) is 0 Å². The first-order valence-corrected chi connectivity index (χ1v) is 6.68. The maximum Gasteiger partial charge on any atom is 0.0373 e. The highest BCUT2D eigenvalue weighted by atomic mass is 14.9. The zero-order valence-corrected chi connectivity index (χ0v) is 10.4. The third-order valence-corrected chi connectivity index (χ3v) is 4.17. The number of hydrogen-bond donors (Lipinski definition) is 1. The molecule has 1 aliphatic heterocycles. The molecule has 2 aliphatic rings. The van der Waals surface area contributed by atoms with Gasteiger partial charge in [0.1, 0.15) is 0 Å². The van der Waals surface area contributed by atoms with E-state index in [1.165, 1.54) is 36.9 Å². The fourth-order valence-electron chi connectivity index (χ4n) is 3.20. The number of fused-ring (bicyclic) bond motifs is 1. The maximum atomic E-state index is 4.43. The Balaban J connectivity index is 1.90. The topological polar surface area (TPSA) is 24.9 Å². The molecule has 0 amide bonds. The van der Waals surface area contributed by atoms with Gasteiger partial charge >= 0.3 is 0 Å². The van der Waals surface area contributed by atoms with E-state index in [2.05, 4.69) is 28.5 Å². The Labute approximate surface area is 103 Å². The normalized spacial score (nSPS) is 28.4. The molecule has 0 spiro atoms. The first kappa shape index (κ1) is 11.0. The smallest absolute Gasteiger partial charge is 0.0373 e. The number of pyridine rings is 1. The zero-order chi connectivity index (χ0) is 11.7. The van der Waals surface area contributed by atoms with Crippen LogP contribution in [0.25, 0.3) is 5.57 Å². The summed E-state index contributed by atoms with van der Waals surface area (Å²) in [5.41, 5.74) is 3.96. The number of rotatable bonds is 1. The van der Waals surface area contributed by atoms with Crippen LogP contribution in [0.2, 0.25) is 0 Å². The summed E-state index contributed by atoms with van der Waals surface area (Å²) in [6, 6.07) is 4.35. The molecule has 1 saturated heterocycles. The molecule has 17 heavy (non-hydrogen) atoms. The van der Waals surface area contributed by atoms with Crippen molar-refractivity contribution in [2.24, 2.45) is 11.8 Å². The Morgan fingerprint density at radius 2 is 2.24 bits per heavy atom. The lowest BCUT2D eigenvalue weighted by Gasteiger charge is -2.37. The number of allylic oxidation sites excluding steroid dienone is 1. The lowest BCUT2D eigenvalue weighted by atomic mass is 9.73. The van der Waals surface area contributed by atoms with E-state index in [9.17, 15) is 0 Å². The quantitative estimate of drug-likeness (QED) is 0.799. The van der Waals surface area contributed by atoms with Gasteiger partial charge in [0.25, 0.3) is 0 Å². The van der Waals surface area contributed by atoms with E-state index < -0.39 is 0 Å². The lowest BCUT2D eigenvalue weighted by Crippen LogP contribution is -2.38. The number of aromatic nitrogens is 1. The molecule has 1 aromatic heterocycles. The number of nitrogens with zero attached hydrogens (tertiary/aromatic N) is 1. The van der Waals surface area contributed by atoms with E-state index in [1.54, 1.807) is 0 Å². The van der Waals surface area contributed by atoms with Crippen LogP contribution < -0.4 is 5.32 Å². The monoisotopic (exact) mass is 228 g/mol. The summed E-state index contributed by atoms with van der Waals surface area (Å²) in [5, 5.41) is 3.53. The van der Waals surface area contributed by atoms with Crippen molar-refractivity contribution >= 4 is 5.57 Å². The molecule has 0 aromatic carbocycles. The second-order valence-electron chi connectivity index (χ2n) is 5.28. The van der Waals surface area contributed by atoms with Crippen LogP contribution in [0.5, 0.6) is 0 Å². The van der Waals surface area contributed by atoms with E-state index in [0.29, 0.717) is 5.92 Å². The lowest BCUT2D eigenvalue weighted by molar-refractivity contribution is 0.285. The highest BCUT2D eigenvalue weighted by Crippen LogP contribution is 2.39. The Hall–Kier alpha value is -1.15. The van der Waals surface area contributed by atoms with Crippen LogP contribution in [0.4, 0.5) is 0 Å². The first-order valence-electron chi connectivity index (χ1n) is 6.68. The molecular formula is C15H20N2. The maximum absolute atomic E-state index is 4.43. The predicted molar refractivity (Wildman–Crippen MR) is 70.7 cm³/mol. The van der Waals surface area contributed by atoms with Crippen molar-refractivity contribution in [2.75, 3.05) is 13.1 Å². The van der Waals surface area contributed by atoms with Crippen LogP contribution in [0.15, 0.2) is 24.4 Å². The molecule has 2 heteroatoms. The summed E-state index contributed by atoms with van der Waals surface area (Å²) in [6.45, 7) is 4.38. The Morgan fingerprint density at radius 1 is 1.29 bits per heavy atom. The molecule has 0 radical (unpaired) electrons. The molecule has 1 aliphatic carbocycles. The van der Waals surface area contributed by atoms with Gasteiger partial charge < -0.3 is 5.32 Å². The minimum atomic E-state index is 0.710. The van der Waals surface area contributed by atoms with Crippen molar-refractivity contribution in [2.45, 2.75) is 26.2 Å². The second kappa shape index (κ2) is 4.61. The zero-order valence-electron chi connectivity index (χ0n) is 10.4. The molecule has 3 rings (SSSR count). The highest BCUT2D eigenvalue weighted by molar-refractivity contribution is 5.68. The minimum absolute atomic E-state index is 0.710. The van der Waals surface area contributed by atoms with Crippen LogP contribution in [0, 0.1) is 18.8 Å². The molecule has 2 nitrogen and oxygen atoms in total. The third-order valence-electron chi connectivity index (χ3n) is 4.17. The average molecular weight is 228 g/mol. The Kier molecular flexibility index (Phi) is 2.98. The number of piperidine rings is 1. The van der Waals surface area contributed by atoms with Crippen LogP contribution in [-0.4, -0.2) is 18.1 Å². The molecule has 2 heterocycles. The van der Waals surface area contributed by atoms with E-state index in [0.717, 1.165) is 18.2 Å². The first-order chi connectivity index (χ1) is 8.34. The van der Waals surface area contributed by atoms with Crippen molar-refractivity contribution in [1.29, 1.82) is 0 Å². The van der Waals surface area contributed by atoms with Crippen LogP contribution >= 0.6 is 0 Å². The van der Waals surface area contributed by atoms with Gasteiger partial charge in [-0.2, -0.15) is 0 Å². The van der Waals surface area contributed by atoms with Crippen LogP contribution in [0.1, 0.15) is 30.5 Å². The summed E-state index contributed by atoms with van der Waals surface area (Å²) >= 11 is 0. The summed E-state index contributed by atoms with van der Waals surface area (Å²) in [4.78, 5) is 4.43. The molecular weight excluding hydrogens is 208 g/mol. The van der Waals surface area contributed by atoms with Crippen LogP contribution in [0.3, 0.4) is 0 Å². The third kappa shape index (κ3) is 2.14. The second-order valence-corrected chi connectivity index (χ2v) is 5.28. The molecule has 0 unspecified atom stereocenters. The van der Waals surface area contributed by atoms with Crippen LogP contribution in [-0.2, 0) is 0 Å². The van der Waals surface area contributed by atoms with Gasteiger partial charge in [-0.1, -0.05) is 12.1 Å². The largest absolute Gasteiger partial charge is 0.316 e. The SMILES string of the molecule is Cc1ccc(C2=CCC[C@@H]3CCNC[C@H]23)cn1. The number of nitrogens with one attached hydrogen (secondary N) is 1. The molecule has 90 valence electrons. The number of aryl methyl sites for hydroxylation is 1. The Morgan fingerprint density at radius 3 is 3.06 bits per heavy atom. The van der Waals surface area contributed by atoms with E-state index in [1.807, 2.05) is 13.1 Å². The van der Waals surface area contributed by atoms with Gasteiger partial charge in [-0.15, -0.1) is 0 Å². The van der Waals surface area contributed by atoms with Gasteiger partial charge in [0.2, 0.25) is 0 Å². The van der Waals surface area contributed by atoms with Gasteiger partial charge in [-0.05, 0) is 61.8 Å². The molecule has 0 saturated carbocycles. The van der Waals surface area contributed by atoms with Crippen molar-refractivity contribution < 1.29 is 0 Å². The van der Waals surface area contributed by atoms with Gasteiger partial charge in [0.05, 0.1) is 0 Å². The van der Waals surface area contributed by atoms with Crippen molar-refractivity contribution in [3.8, 4) is 0 Å². The summed E-state index contributed by atoms with van der Waals surface area (Å²) < 4.78 is 0. The summed E-state index contributed by atoms with van der Waals surface area (Å²) in [5.74, 6) is 1.60. The minimum Gasteiger partial charge on any atom is -0.316 e. The van der Waals surface area contributed by atoms with Gasteiger partial charge in [0.15, 0.2) is 0 Å². The van der Waals surface area contributed by atoms with Crippen molar-refractivity contribution in [3.63, 3.8) is 0 Å². The summed E-state index contributed by atoms with van der Waals surface area (Å²) in [6.07, 6.45) is 8.42. The predicted octanol–water partition coefficient (Wildman–Crippen LogP) is 2.79. The fourth-order valence-corrected chi connectivity index (χ4v) is 3.20. The molecule has 1 fully saturated rings. The Bertz CT molecular complexity index is 419. The standard InChI is InChI=1S/C15H20N2/c1-11-5-6-13(9-17-11)14-4-2-3-12-7-8-16-10-15(12)14/h4-6,9,12,15-16H,2-3,7-8,10H2,1H3/t12-,15+/m1/s1. The fraction of sp³-hybridized carbons (Fsp3) is 0.533. The number of hydrogen-bond acceptors (Lipinski definition) is 2. The summed E-state index contributed by atoms with van der Waals surface area (Å²) in [7, 11) is 0. The average Bonchev–Trinajstić information content (AvgIpc) is 2.39. The van der Waals surface area contributed by atoms with Crippen molar-refractivity contribution in [3.05, 3.63) is 35.7 Å². The molecule has 1 aromatic rings. The van der Waals surface area contributed by atoms with Gasteiger partial charge in [-0.3, -0.25) is 4.98 Å². The molecule has 1 N–H and O–H groups in total. The van der Waals surface area contributed by atoms with Crippen molar-refractivity contribution in [1.82, 2.24) is 10.3 Å². The van der Waals surface area contributed by atoms with Gasteiger partial charge in [-0.25, -0.2) is 0 Å². The molecule has 2 atom stereocenters. The van der Waals surface area contributed by atoms with E-state index in [4.69, 9.17) is 0 Å². The highest BCUT2D eigenvalue weighted by Gasteiger charge is 2.30. The van der Waals surface area contributed by atoms with E-state index >= 15 is 0 Å².